The van der Waals surface area contributed by atoms with E-state index in [1.54, 1.807) is 0 Å². The Bertz CT molecular complexity index is 589. The van der Waals surface area contributed by atoms with Gasteiger partial charge in [0.25, 0.3) is 0 Å². The maximum atomic E-state index is 11.5. The van der Waals surface area contributed by atoms with Crippen LogP contribution in [0.3, 0.4) is 0 Å². The van der Waals surface area contributed by atoms with E-state index in [-0.39, 0.29) is 12.0 Å². The lowest BCUT2D eigenvalue weighted by molar-refractivity contribution is -0.141. The number of methoxy groups -OCH3 is 1. The fourth-order valence-corrected chi connectivity index (χ4v) is 2.10. The van der Waals surface area contributed by atoms with Gasteiger partial charge in [0.05, 0.1) is 13.5 Å². The maximum Gasteiger partial charge on any atom is 0.307 e. The number of aryl methyl sites for hydroxylation is 1. The normalized spacial score (nSPS) is 12.9. The SMILES string of the molecule is COC(=O)CC(c1ccc2nc(C)oc2c1)N(C)C. The number of rotatable bonds is 4. The van der Waals surface area contributed by atoms with E-state index in [2.05, 4.69) is 4.98 Å². The third-order valence-electron chi connectivity index (χ3n) is 3.12. The van der Waals surface area contributed by atoms with Crippen molar-refractivity contribution >= 4 is 17.1 Å². The molecule has 102 valence electrons. The molecule has 0 fully saturated rings. The molecule has 19 heavy (non-hydrogen) atoms. The molecule has 0 bridgehead atoms. The number of benzene rings is 1. The Balaban J connectivity index is 2.35. The van der Waals surface area contributed by atoms with E-state index < -0.39 is 0 Å². The number of esters is 1. The molecule has 1 heterocycles. The average molecular weight is 262 g/mol. The highest BCUT2D eigenvalue weighted by Gasteiger charge is 2.19. The summed E-state index contributed by atoms with van der Waals surface area (Å²) in [5, 5.41) is 0. The fourth-order valence-electron chi connectivity index (χ4n) is 2.10. The molecule has 0 aliphatic rings. The summed E-state index contributed by atoms with van der Waals surface area (Å²) < 4.78 is 10.3. The summed E-state index contributed by atoms with van der Waals surface area (Å²) in [6.45, 7) is 1.82. The Kier molecular flexibility index (Phi) is 3.85. The van der Waals surface area contributed by atoms with Crippen LogP contribution in [0.25, 0.3) is 11.1 Å². The predicted octanol–water partition coefficient (Wildman–Crippen LogP) is 2.30. The van der Waals surface area contributed by atoms with Crippen molar-refractivity contribution in [3.8, 4) is 0 Å². The Morgan fingerprint density at radius 1 is 1.47 bits per heavy atom. The average Bonchev–Trinajstić information content (AvgIpc) is 2.74. The molecule has 2 aromatic rings. The van der Waals surface area contributed by atoms with Crippen molar-refractivity contribution < 1.29 is 13.9 Å². The molecule has 0 saturated heterocycles. The number of hydrogen-bond donors (Lipinski definition) is 0. The zero-order valence-corrected chi connectivity index (χ0v) is 11.6. The Hall–Kier alpha value is -1.88. The molecular formula is C14H18N2O3. The number of aromatic nitrogens is 1. The number of carbonyl (C=O) groups is 1. The van der Waals surface area contributed by atoms with Crippen molar-refractivity contribution in [3.05, 3.63) is 29.7 Å². The standard InChI is InChI=1S/C14H18N2O3/c1-9-15-11-6-5-10(7-13(11)19-9)12(16(2)3)8-14(17)18-4/h5-7,12H,8H2,1-4H3. The van der Waals surface area contributed by atoms with E-state index in [1.807, 2.05) is 44.1 Å². The van der Waals surface area contributed by atoms with Gasteiger partial charge in [0, 0.05) is 13.0 Å². The predicted molar refractivity (Wildman–Crippen MR) is 71.8 cm³/mol. The van der Waals surface area contributed by atoms with Gasteiger partial charge in [0.15, 0.2) is 11.5 Å². The fraction of sp³-hybridized carbons (Fsp3) is 0.429. The molecule has 5 heteroatoms. The molecule has 1 atom stereocenters. The van der Waals surface area contributed by atoms with Gasteiger partial charge in [0.1, 0.15) is 5.52 Å². The van der Waals surface area contributed by atoms with Crippen LogP contribution in [0.15, 0.2) is 22.6 Å². The summed E-state index contributed by atoms with van der Waals surface area (Å²) in [4.78, 5) is 17.7. The lowest BCUT2D eigenvalue weighted by Crippen LogP contribution is -2.23. The topological polar surface area (TPSA) is 55.6 Å². The number of oxazole rings is 1. The van der Waals surface area contributed by atoms with E-state index in [9.17, 15) is 4.79 Å². The molecule has 1 unspecified atom stereocenters. The number of nitrogens with zero attached hydrogens (tertiary/aromatic N) is 2. The van der Waals surface area contributed by atoms with Gasteiger partial charge in [-0.25, -0.2) is 4.98 Å². The zero-order valence-electron chi connectivity index (χ0n) is 11.6. The van der Waals surface area contributed by atoms with Gasteiger partial charge in [-0.1, -0.05) is 6.07 Å². The summed E-state index contributed by atoms with van der Waals surface area (Å²) in [5.74, 6) is 0.411. The van der Waals surface area contributed by atoms with Gasteiger partial charge in [0.2, 0.25) is 0 Å². The second-order valence-electron chi connectivity index (χ2n) is 4.72. The van der Waals surface area contributed by atoms with E-state index in [0.717, 1.165) is 16.7 Å². The molecule has 1 aromatic carbocycles. The molecule has 1 aromatic heterocycles. The summed E-state index contributed by atoms with van der Waals surface area (Å²) in [7, 11) is 5.27. The molecule has 0 radical (unpaired) electrons. The van der Waals surface area contributed by atoms with E-state index in [4.69, 9.17) is 9.15 Å². The smallest absolute Gasteiger partial charge is 0.307 e. The minimum atomic E-state index is -0.229. The van der Waals surface area contributed by atoms with Crippen molar-refractivity contribution in [3.63, 3.8) is 0 Å². The van der Waals surface area contributed by atoms with Crippen molar-refractivity contribution in [2.24, 2.45) is 0 Å². The minimum Gasteiger partial charge on any atom is -0.469 e. The summed E-state index contributed by atoms with van der Waals surface area (Å²) >= 11 is 0. The molecule has 0 aliphatic carbocycles. The van der Waals surface area contributed by atoms with Crippen LogP contribution in [0.2, 0.25) is 0 Å². The van der Waals surface area contributed by atoms with Crippen molar-refractivity contribution in [1.29, 1.82) is 0 Å². The Morgan fingerprint density at radius 3 is 2.84 bits per heavy atom. The van der Waals surface area contributed by atoms with Crippen molar-refractivity contribution in [2.45, 2.75) is 19.4 Å². The second kappa shape index (κ2) is 5.40. The lowest BCUT2D eigenvalue weighted by atomic mass is 10.0. The minimum absolute atomic E-state index is 0.0396. The lowest BCUT2D eigenvalue weighted by Gasteiger charge is -2.23. The first kappa shape index (κ1) is 13.5. The number of fused-ring (bicyclic) bond motifs is 1. The van der Waals surface area contributed by atoms with E-state index in [1.165, 1.54) is 7.11 Å². The number of ether oxygens (including phenoxy) is 1. The van der Waals surface area contributed by atoms with Crippen LogP contribution < -0.4 is 0 Å². The quantitative estimate of drug-likeness (QED) is 0.791. The number of carbonyl (C=O) groups excluding carboxylic acids is 1. The first-order valence-corrected chi connectivity index (χ1v) is 6.11. The molecule has 2 rings (SSSR count). The maximum absolute atomic E-state index is 11.5. The van der Waals surface area contributed by atoms with Gasteiger partial charge >= 0.3 is 5.97 Å². The Labute approximate surface area is 112 Å². The van der Waals surface area contributed by atoms with Crippen molar-refractivity contribution in [1.82, 2.24) is 9.88 Å². The van der Waals surface area contributed by atoms with Crippen LogP contribution in [-0.2, 0) is 9.53 Å². The molecule has 0 aliphatic heterocycles. The van der Waals surface area contributed by atoms with Crippen LogP contribution in [0.4, 0.5) is 0 Å². The van der Waals surface area contributed by atoms with Gasteiger partial charge in [-0.3, -0.25) is 4.79 Å². The van der Waals surface area contributed by atoms with Crippen LogP contribution in [0, 0.1) is 6.92 Å². The molecule has 0 N–H and O–H groups in total. The first-order valence-electron chi connectivity index (χ1n) is 6.11. The molecular weight excluding hydrogens is 244 g/mol. The van der Waals surface area contributed by atoms with Crippen LogP contribution >= 0.6 is 0 Å². The van der Waals surface area contributed by atoms with Gasteiger partial charge in [-0.15, -0.1) is 0 Å². The van der Waals surface area contributed by atoms with Crippen LogP contribution in [-0.4, -0.2) is 37.1 Å². The molecule has 0 saturated carbocycles. The third-order valence-corrected chi connectivity index (χ3v) is 3.12. The van der Waals surface area contributed by atoms with Gasteiger partial charge in [-0.2, -0.15) is 0 Å². The van der Waals surface area contributed by atoms with E-state index in [0.29, 0.717) is 12.3 Å². The second-order valence-corrected chi connectivity index (χ2v) is 4.72. The summed E-state index contributed by atoms with van der Waals surface area (Å²) in [6, 6.07) is 5.78. The zero-order chi connectivity index (χ0) is 14.0. The summed E-state index contributed by atoms with van der Waals surface area (Å²) in [6.07, 6.45) is 0.308. The largest absolute Gasteiger partial charge is 0.469 e. The Morgan fingerprint density at radius 2 is 2.21 bits per heavy atom. The van der Waals surface area contributed by atoms with Crippen LogP contribution in [0.1, 0.15) is 23.9 Å². The molecule has 5 nitrogen and oxygen atoms in total. The van der Waals surface area contributed by atoms with Crippen LogP contribution in [0.5, 0.6) is 0 Å². The van der Waals surface area contributed by atoms with Gasteiger partial charge in [-0.05, 0) is 31.8 Å². The summed E-state index contributed by atoms with van der Waals surface area (Å²) in [5.41, 5.74) is 2.59. The van der Waals surface area contributed by atoms with Gasteiger partial charge < -0.3 is 14.1 Å². The van der Waals surface area contributed by atoms with Crippen molar-refractivity contribution in [2.75, 3.05) is 21.2 Å². The number of hydrogen-bond acceptors (Lipinski definition) is 5. The molecule has 0 spiro atoms. The highest BCUT2D eigenvalue weighted by Crippen LogP contribution is 2.26. The molecule has 0 amide bonds. The highest BCUT2D eigenvalue weighted by atomic mass is 16.5. The highest BCUT2D eigenvalue weighted by molar-refractivity contribution is 5.74. The monoisotopic (exact) mass is 262 g/mol. The van der Waals surface area contributed by atoms with E-state index >= 15 is 0 Å². The third kappa shape index (κ3) is 2.93. The first-order chi connectivity index (χ1) is 9.01.